The highest BCUT2D eigenvalue weighted by Crippen LogP contribution is 2.37. The van der Waals surface area contributed by atoms with Crippen molar-refractivity contribution in [1.29, 1.82) is 0 Å². The van der Waals surface area contributed by atoms with E-state index >= 15 is 0 Å². The molecule has 0 spiro atoms. The van der Waals surface area contributed by atoms with E-state index in [1.165, 1.54) is 6.07 Å². The van der Waals surface area contributed by atoms with Crippen molar-refractivity contribution in [2.45, 2.75) is 44.8 Å². The van der Waals surface area contributed by atoms with Gasteiger partial charge in [-0.3, -0.25) is 4.90 Å². The SMILES string of the molecule is CCCCNc1cccc(OCCCN(Cc2cccc(C(F)(F)F)c2Cl)CC(c2ccccc2)c2ccccc2)c1.Cl.Cl. The number of rotatable bonds is 15. The molecule has 0 bridgehead atoms. The Bertz CT molecular complexity index is 1340. The molecule has 0 unspecified atom stereocenters. The van der Waals surface area contributed by atoms with Crippen LogP contribution < -0.4 is 10.1 Å². The molecule has 0 aromatic heterocycles. The Morgan fingerprint density at radius 1 is 0.818 bits per heavy atom. The second-order valence-corrected chi connectivity index (χ2v) is 10.8. The van der Waals surface area contributed by atoms with E-state index in [2.05, 4.69) is 41.4 Å². The summed E-state index contributed by atoms with van der Waals surface area (Å²) in [5, 5.41) is 3.17. The van der Waals surface area contributed by atoms with Gasteiger partial charge in [-0.2, -0.15) is 13.2 Å². The monoisotopic (exact) mass is 666 g/mol. The van der Waals surface area contributed by atoms with E-state index in [9.17, 15) is 13.2 Å². The third kappa shape index (κ3) is 11.2. The molecular weight excluding hydrogens is 628 g/mol. The summed E-state index contributed by atoms with van der Waals surface area (Å²) in [5.74, 6) is 0.819. The van der Waals surface area contributed by atoms with E-state index in [1.54, 1.807) is 6.07 Å². The number of ether oxygens (including phenoxy) is 1. The van der Waals surface area contributed by atoms with E-state index in [-0.39, 0.29) is 42.3 Å². The van der Waals surface area contributed by atoms with Crippen molar-refractivity contribution < 1.29 is 17.9 Å². The highest BCUT2D eigenvalue weighted by molar-refractivity contribution is 6.32. The van der Waals surface area contributed by atoms with Gasteiger partial charge in [-0.15, -0.1) is 24.8 Å². The normalized spacial score (nSPS) is 11.2. The third-order valence-electron chi connectivity index (χ3n) is 7.20. The zero-order valence-electron chi connectivity index (χ0n) is 24.7. The van der Waals surface area contributed by atoms with Crippen molar-refractivity contribution in [2.24, 2.45) is 0 Å². The average Bonchev–Trinajstić information content (AvgIpc) is 2.99. The fourth-order valence-corrected chi connectivity index (χ4v) is 5.31. The molecule has 238 valence electrons. The Morgan fingerprint density at radius 2 is 1.45 bits per heavy atom. The molecule has 0 fully saturated rings. The molecule has 1 N–H and O–H groups in total. The van der Waals surface area contributed by atoms with Crippen LogP contribution >= 0.6 is 36.4 Å². The van der Waals surface area contributed by atoms with Gasteiger partial charge < -0.3 is 10.1 Å². The predicted molar refractivity (Wildman–Crippen MR) is 181 cm³/mol. The lowest BCUT2D eigenvalue weighted by atomic mass is 9.90. The van der Waals surface area contributed by atoms with Crippen molar-refractivity contribution in [1.82, 2.24) is 4.90 Å². The van der Waals surface area contributed by atoms with Gasteiger partial charge in [0.1, 0.15) is 5.75 Å². The molecule has 0 saturated carbocycles. The van der Waals surface area contributed by atoms with Crippen LogP contribution in [0, 0.1) is 0 Å². The molecule has 0 radical (unpaired) electrons. The Labute approximate surface area is 276 Å². The number of halogens is 6. The van der Waals surface area contributed by atoms with Crippen LogP contribution in [0.2, 0.25) is 5.02 Å². The van der Waals surface area contributed by atoms with Crippen LogP contribution in [0.4, 0.5) is 18.9 Å². The summed E-state index contributed by atoms with van der Waals surface area (Å²) >= 11 is 6.33. The Kier molecular flexibility index (Phi) is 15.9. The van der Waals surface area contributed by atoms with E-state index in [1.807, 2.05) is 60.7 Å². The summed E-state index contributed by atoms with van der Waals surface area (Å²) in [7, 11) is 0. The fourth-order valence-electron chi connectivity index (χ4n) is 5.01. The van der Waals surface area contributed by atoms with Crippen LogP contribution in [-0.4, -0.2) is 31.1 Å². The molecule has 3 nitrogen and oxygen atoms in total. The molecule has 9 heteroatoms. The maximum absolute atomic E-state index is 13.6. The molecule has 0 saturated heterocycles. The Balaban J connectivity index is 0.00000337. The number of hydrogen-bond acceptors (Lipinski definition) is 3. The van der Waals surface area contributed by atoms with Crippen molar-refractivity contribution in [3.8, 4) is 5.75 Å². The van der Waals surface area contributed by atoms with Gasteiger partial charge in [-0.25, -0.2) is 0 Å². The van der Waals surface area contributed by atoms with Crippen LogP contribution in [0.5, 0.6) is 5.75 Å². The number of nitrogens with one attached hydrogen (secondary N) is 1. The topological polar surface area (TPSA) is 24.5 Å². The van der Waals surface area contributed by atoms with Gasteiger partial charge in [0.15, 0.2) is 0 Å². The Hall–Kier alpha value is -2.90. The second kappa shape index (κ2) is 18.8. The first-order valence-corrected chi connectivity index (χ1v) is 14.9. The number of nitrogens with zero attached hydrogens (tertiary/aromatic N) is 1. The number of alkyl halides is 3. The van der Waals surface area contributed by atoms with Crippen LogP contribution in [0.25, 0.3) is 0 Å². The lowest BCUT2D eigenvalue weighted by molar-refractivity contribution is -0.137. The van der Waals surface area contributed by atoms with Gasteiger partial charge in [-0.1, -0.05) is 104 Å². The minimum Gasteiger partial charge on any atom is -0.493 e. The lowest BCUT2D eigenvalue weighted by Crippen LogP contribution is -2.31. The summed E-state index contributed by atoms with van der Waals surface area (Å²) in [6, 6.07) is 32.5. The summed E-state index contributed by atoms with van der Waals surface area (Å²) in [5.41, 5.74) is 2.97. The summed E-state index contributed by atoms with van der Waals surface area (Å²) in [6.07, 6.45) is -1.59. The van der Waals surface area contributed by atoms with Crippen LogP contribution in [-0.2, 0) is 12.7 Å². The van der Waals surface area contributed by atoms with E-state index in [0.717, 1.165) is 48.0 Å². The molecular formula is C35H40Cl3F3N2O. The largest absolute Gasteiger partial charge is 0.493 e. The van der Waals surface area contributed by atoms with Gasteiger partial charge >= 0.3 is 6.18 Å². The second-order valence-electron chi connectivity index (χ2n) is 10.4. The molecule has 4 aromatic carbocycles. The first-order chi connectivity index (χ1) is 20.3. The zero-order valence-corrected chi connectivity index (χ0v) is 27.1. The maximum Gasteiger partial charge on any atom is 0.417 e. The van der Waals surface area contributed by atoms with Crippen LogP contribution in [0.3, 0.4) is 0 Å². The van der Waals surface area contributed by atoms with Crippen LogP contribution in [0.1, 0.15) is 54.4 Å². The molecule has 0 amide bonds. The van der Waals surface area contributed by atoms with Gasteiger partial charge in [0, 0.05) is 43.9 Å². The first kappa shape index (κ1) is 37.3. The summed E-state index contributed by atoms with van der Waals surface area (Å²) in [6.45, 7) is 5.07. The molecule has 0 atom stereocenters. The highest BCUT2D eigenvalue weighted by atomic mass is 35.5. The van der Waals surface area contributed by atoms with Crippen molar-refractivity contribution in [3.05, 3.63) is 130 Å². The maximum atomic E-state index is 13.6. The van der Waals surface area contributed by atoms with E-state index in [0.29, 0.717) is 31.7 Å². The summed E-state index contributed by atoms with van der Waals surface area (Å²) < 4.78 is 46.9. The summed E-state index contributed by atoms with van der Waals surface area (Å²) in [4.78, 5) is 2.18. The van der Waals surface area contributed by atoms with Crippen molar-refractivity contribution >= 4 is 42.1 Å². The van der Waals surface area contributed by atoms with Crippen LogP contribution in [0.15, 0.2) is 103 Å². The lowest BCUT2D eigenvalue weighted by Gasteiger charge is -2.29. The van der Waals surface area contributed by atoms with Gasteiger partial charge in [0.2, 0.25) is 0 Å². The van der Waals surface area contributed by atoms with Crippen molar-refractivity contribution in [2.75, 3.05) is 31.6 Å². The third-order valence-corrected chi connectivity index (χ3v) is 7.65. The molecule has 0 aliphatic rings. The molecule has 0 aliphatic heterocycles. The highest BCUT2D eigenvalue weighted by Gasteiger charge is 2.34. The minimum absolute atomic E-state index is 0. The zero-order chi connectivity index (χ0) is 29.8. The fraction of sp³-hybridized carbons (Fsp3) is 0.314. The van der Waals surface area contributed by atoms with E-state index in [4.69, 9.17) is 16.3 Å². The molecule has 4 aromatic rings. The van der Waals surface area contributed by atoms with E-state index < -0.39 is 11.7 Å². The predicted octanol–water partition coefficient (Wildman–Crippen LogP) is 10.5. The molecule has 44 heavy (non-hydrogen) atoms. The first-order valence-electron chi connectivity index (χ1n) is 14.5. The molecule has 0 heterocycles. The van der Waals surface area contributed by atoms with Crippen molar-refractivity contribution in [3.63, 3.8) is 0 Å². The standard InChI is InChI=1S/C35H38ClF3N2O.2ClH/c1-2-3-21-40-30-18-11-19-31(24-30)42-23-12-22-41(25-29-17-10-20-33(34(29)36)35(37,38)39)26-32(27-13-6-4-7-14-27)28-15-8-5-9-16-28;;/h4-11,13-20,24,32,40H,2-3,12,21-23,25-26H2,1H3;2*1H. The quantitative estimate of drug-likeness (QED) is 0.128. The molecule has 4 rings (SSSR count). The number of anilines is 1. The van der Waals surface area contributed by atoms with Gasteiger partial charge in [0.05, 0.1) is 17.2 Å². The minimum atomic E-state index is -4.51. The van der Waals surface area contributed by atoms with Gasteiger partial charge in [0.25, 0.3) is 0 Å². The number of hydrogen-bond donors (Lipinski definition) is 1. The smallest absolute Gasteiger partial charge is 0.417 e. The van der Waals surface area contributed by atoms with Gasteiger partial charge in [-0.05, 0) is 47.7 Å². The number of benzene rings is 4. The Morgan fingerprint density at radius 3 is 2.07 bits per heavy atom. The number of unbranched alkanes of at least 4 members (excludes halogenated alkanes) is 1. The average molecular weight is 668 g/mol. The molecule has 0 aliphatic carbocycles.